The Morgan fingerprint density at radius 2 is 2.00 bits per heavy atom. The monoisotopic (exact) mass is 242 g/mol. The van der Waals surface area contributed by atoms with Gasteiger partial charge in [0.1, 0.15) is 0 Å². The van der Waals surface area contributed by atoms with Gasteiger partial charge in [-0.05, 0) is 31.2 Å². The number of likely N-dealkylation sites (N-methyl/N-ethyl adjacent to an activating group) is 1. The topological polar surface area (TPSA) is 35.5 Å². The third-order valence-electron chi connectivity index (χ3n) is 3.61. The molecule has 0 radical (unpaired) electrons. The minimum atomic E-state index is -0.191. The van der Waals surface area contributed by atoms with Crippen molar-refractivity contribution >= 4 is 0 Å². The number of rotatable bonds is 4. The molecular formula is C14H30N2O. The van der Waals surface area contributed by atoms with Crippen LogP contribution in [0, 0.1) is 11.3 Å². The van der Waals surface area contributed by atoms with Gasteiger partial charge in [-0.3, -0.25) is 0 Å². The maximum absolute atomic E-state index is 9.78. The average Bonchev–Trinajstić information content (AvgIpc) is 2.25. The van der Waals surface area contributed by atoms with Crippen LogP contribution in [0.15, 0.2) is 0 Å². The summed E-state index contributed by atoms with van der Waals surface area (Å²) in [4.78, 5) is 2.45. The Labute approximate surface area is 107 Å². The maximum Gasteiger partial charge on any atom is 0.0553 e. The van der Waals surface area contributed by atoms with Gasteiger partial charge in [0.2, 0.25) is 0 Å². The van der Waals surface area contributed by atoms with E-state index in [1.54, 1.807) is 0 Å². The molecule has 0 aliphatic carbocycles. The minimum Gasteiger partial charge on any atom is -0.393 e. The van der Waals surface area contributed by atoms with Gasteiger partial charge in [-0.1, -0.05) is 27.7 Å². The third kappa shape index (κ3) is 5.36. The van der Waals surface area contributed by atoms with E-state index in [0.29, 0.717) is 17.4 Å². The minimum absolute atomic E-state index is 0.191. The van der Waals surface area contributed by atoms with E-state index in [1.165, 1.54) is 0 Å². The molecule has 0 aromatic heterocycles. The van der Waals surface area contributed by atoms with Gasteiger partial charge in [-0.15, -0.1) is 0 Å². The summed E-state index contributed by atoms with van der Waals surface area (Å²) >= 11 is 0. The molecule has 1 fully saturated rings. The van der Waals surface area contributed by atoms with Crippen LogP contribution in [0.4, 0.5) is 0 Å². The van der Waals surface area contributed by atoms with Gasteiger partial charge in [0.15, 0.2) is 0 Å². The highest BCUT2D eigenvalue weighted by Crippen LogP contribution is 2.21. The highest BCUT2D eigenvalue weighted by atomic mass is 16.3. The second-order valence-electron chi connectivity index (χ2n) is 6.73. The number of piperidine rings is 1. The van der Waals surface area contributed by atoms with E-state index in [2.05, 4.69) is 37.9 Å². The zero-order valence-electron chi connectivity index (χ0n) is 12.2. The van der Waals surface area contributed by atoms with Crippen LogP contribution >= 0.6 is 0 Å². The number of nitrogens with zero attached hydrogens (tertiary/aromatic N) is 1. The maximum atomic E-state index is 9.78. The molecule has 0 saturated carbocycles. The summed E-state index contributed by atoms with van der Waals surface area (Å²) in [5.41, 5.74) is 0.328. The Hall–Kier alpha value is -0.120. The van der Waals surface area contributed by atoms with Crippen molar-refractivity contribution < 1.29 is 5.11 Å². The number of hydrogen-bond donors (Lipinski definition) is 2. The van der Waals surface area contributed by atoms with Gasteiger partial charge < -0.3 is 15.3 Å². The van der Waals surface area contributed by atoms with Crippen molar-refractivity contribution in [2.24, 2.45) is 11.3 Å². The first-order chi connectivity index (χ1) is 7.81. The van der Waals surface area contributed by atoms with Crippen molar-refractivity contribution in [1.82, 2.24) is 10.2 Å². The van der Waals surface area contributed by atoms with E-state index in [1.807, 2.05) is 6.92 Å². The summed E-state index contributed by atoms with van der Waals surface area (Å²) in [6.45, 7) is 15.2. The number of hydrogen-bond acceptors (Lipinski definition) is 3. The predicted molar refractivity (Wildman–Crippen MR) is 73.1 cm³/mol. The Morgan fingerprint density at radius 1 is 1.35 bits per heavy atom. The molecule has 17 heavy (non-hydrogen) atoms. The van der Waals surface area contributed by atoms with E-state index in [0.717, 1.165) is 32.6 Å². The highest BCUT2D eigenvalue weighted by molar-refractivity contribution is 4.86. The SMILES string of the molecule is CCN1CC(NCC(C)(C)C)CC(C(C)O)C1. The summed E-state index contributed by atoms with van der Waals surface area (Å²) in [6.07, 6.45) is 0.910. The van der Waals surface area contributed by atoms with Gasteiger partial charge in [-0.2, -0.15) is 0 Å². The van der Waals surface area contributed by atoms with Crippen LogP contribution < -0.4 is 5.32 Å². The fraction of sp³-hybridized carbons (Fsp3) is 1.00. The first-order valence-electron chi connectivity index (χ1n) is 6.95. The predicted octanol–water partition coefficient (Wildman–Crippen LogP) is 1.71. The van der Waals surface area contributed by atoms with Crippen LogP contribution in [-0.4, -0.2) is 48.3 Å². The van der Waals surface area contributed by atoms with Crippen molar-refractivity contribution in [1.29, 1.82) is 0 Å². The zero-order chi connectivity index (χ0) is 13.1. The summed E-state index contributed by atoms with van der Waals surface area (Å²) in [5, 5.41) is 13.4. The standard InChI is InChI=1S/C14H30N2O/c1-6-16-8-12(11(2)17)7-13(9-16)15-10-14(3,4)5/h11-13,15,17H,6-10H2,1-5H3. The van der Waals surface area contributed by atoms with Crippen LogP contribution in [0.3, 0.4) is 0 Å². The molecule has 3 nitrogen and oxygen atoms in total. The number of likely N-dealkylation sites (tertiary alicyclic amines) is 1. The lowest BCUT2D eigenvalue weighted by molar-refractivity contribution is 0.0487. The Kier molecular flexibility index (Phi) is 5.42. The van der Waals surface area contributed by atoms with Crippen LogP contribution in [-0.2, 0) is 0 Å². The first-order valence-corrected chi connectivity index (χ1v) is 6.95. The Balaban J connectivity index is 2.48. The van der Waals surface area contributed by atoms with Crippen LogP contribution in [0.5, 0.6) is 0 Å². The van der Waals surface area contributed by atoms with Gasteiger partial charge in [0.25, 0.3) is 0 Å². The van der Waals surface area contributed by atoms with Gasteiger partial charge in [0, 0.05) is 25.7 Å². The number of aliphatic hydroxyl groups is 1. The van der Waals surface area contributed by atoms with E-state index in [4.69, 9.17) is 0 Å². The molecule has 1 aliphatic heterocycles. The summed E-state index contributed by atoms with van der Waals surface area (Å²) in [5.74, 6) is 0.418. The normalized spacial score (nSPS) is 29.3. The molecule has 0 bridgehead atoms. The van der Waals surface area contributed by atoms with E-state index < -0.39 is 0 Å². The van der Waals surface area contributed by atoms with Gasteiger partial charge in [-0.25, -0.2) is 0 Å². The summed E-state index contributed by atoms with van der Waals surface area (Å²) < 4.78 is 0. The lowest BCUT2D eigenvalue weighted by Crippen LogP contribution is -2.52. The zero-order valence-corrected chi connectivity index (χ0v) is 12.2. The Bertz CT molecular complexity index is 223. The lowest BCUT2D eigenvalue weighted by atomic mass is 9.89. The molecule has 0 spiro atoms. The van der Waals surface area contributed by atoms with E-state index in [-0.39, 0.29) is 6.10 Å². The fourth-order valence-electron chi connectivity index (χ4n) is 2.44. The molecule has 1 heterocycles. The molecule has 102 valence electrons. The molecule has 3 atom stereocenters. The van der Waals surface area contributed by atoms with Crippen molar-refractivity contribution in [3.63, 3.8) is 0 Å². The molecule has 3 heteroatoms. The van der Waals surface area contributed by atoms with Crippen LogP contribution in [0.1, 0.15) is 41.0 Å². The first kappa shape index (κ1) is 14.9. The molecule has 0 amide bonds. The highest BCUT2D eigenvalue weighted by Gasteiger charge is 2.29. The average molecular weight is 242 g/mol. The largest absolute Gasteiger partial charge is 0.393 e. The molecule has 1 aliphatic rings. The summed E-state index contributed by atoms with van der Waals surface area (Å²) in [7, 11) is 0. The molecule has 1 saturated heterocycles. The molecule has 1 rings (SSSR count). The summed E-state index contributed by atoms with van der Waals surface area (Å²) in [6, 6.07) is 0.530. The molecule has 2 N–H and O–H groups in total. The number of nitrogens with one attached hydrogen (secondary N) is 1. The van der Waals surface area contributed by atoms with E-state index >= 15 is 0 Å². The second kappa shape index (κ2) is 6.17. The lowest BCUT2D eigenvalue weighted by Gasteiger charge is -2.39. The van der Waals surface area contributed by atoms with Gasteiger partial charge >= 0.3 is 0 Å². The van der Waals surface area contributed by atoms with Crippen LogP contribution in [0.25, 0.3) is 0 Å². The molecule has 0 aromatic rings. The van der Waals surface area contributed by atoms with Crippen molar-refractivity contribution in [3.8, 4) is 0 Å². The third-order valence-corrected chi connectivity index (χ3v) is 3.61. The van der Waals surface area contributed by atoms with E-state index in [9.17, 15) is 5.11 Å². The smallest absolute Gasteiger partial charge is 0.0553 e. The van der Waals surface area contributed by atoms with Crippen LogP contribution in [0.2, 0.25) is 0 Å². The van der Waals surface area contributed by atoms with Crippen molar-refractivity contribution in [2.45, 2.75) is 53.2 Å². The molecule has 0 aromatic carbocycles. The Morgan fingerprint density at radius 3 is 2.47 bits per heavy atom. The number of aliphatic hydroxyl groups excluding tert-OH is 1. The van der Waals surface area contributed by atoms with Gasteiger partial charge in [0.05, 0.1) is 6.10 Å². The fourth-order valence-corrected chi connectivity index (χ4v) is 2.44. The molecular weight excluding hydrogens is 212 g/mol. The van der Waals surface area contributed by atoms with Crippen molar-refractivity contribution in [2.75, 3.05) is 26.2 Å². The van der Waals surface area contributed by atoms with Crippen molar-refractivity contribution in [3.05, 3.63) is 0 Å². The molecule has 3 unspecified atom stereocenters. The quantitative estimate of drug-likeness (QED) is 0.788. The second-order valence-corrected chi connectivity index (χ2v) is 6.73.